The highest BCUT2D eigenvalue weighted by Gasteiger charge is 2.35. The van der Waals surface area contributed by atoms with Crippen molar-refractivity contribution in [2.45, 2.75) is 76.8 Å². The van der Waals surface area contributed by atoms with Gasteiger partial charge in [-0.25, -0.2) is 4.79 Å². The number of amides is 3. The highest BCUT2D eigenvalue weighted by Crippen LogP contribution is 2.18. The molecule has 0 saturated carbocycles. The Bertz CT molecular complexity index is 550. The lowest BCUT2D eigenvalue weighted by Crippen LogP contribution is -2.52. The van der Waals surface area contributed by atoms with E-state index in [0.717, 1.165) is 12.8 Å². The first-order valence-electron chi connectivity index (χ1n) is 10.2. The fourth-order valence-corrected chi connectivity index (χ4v) is 3.28. The summed E-state index contributed by atoms with van der Waals surface area (Å²) in [5.41, 5.74) is 0. The summed E-state index contributed by atoms with van der Waals surface area (Å²) >= 11 is 0. The van der Waals surface area contributed by atoms with Gasteiger partial charge in [0, 0.05) is 6.54 Å². The molecule has 1 saturated heterocycles. The van der Waals surface area contributed by atoms with Crippen molar-refractivity contribution in [1.82, 2.24) is 15.5 Å². The van der Waals surface area contributed by atoms with Gasteiger partial charge in [-0.05, 0) is 38.5 Å². The van der Waals surface area contributed by atoms with E-state index in [-0.39, 0.29) is 12.5 Å². The molecule has 28 heavy (non-hydrogen) atoms. The van der Waals surface area contributed by atoms with Gasteiger partial charge in [0.1, 0.15) is 12.1 Å². The second-order valence-electron chi connectivity index (χ2n) is 7.04. The van der Waals surface area contributed by atoms with Crippen molar-refractivity contribution >= 4 is 24.2 Å². The van der Waals surface area contributed by atoms with E-state index in [2.05, 4.69) is 23.6 Å². The van der Waals surface area contributed by atoms with Crippen molar-refractivity contribution < 1.29 is 24.3 Å². The maximum absolute atomic E-state index is 12.5. The van der Waals surface area contributed by atoms with Crippen LogP contribution in [0.25, 0.3) is 0 Å². The number of unbranched alkanes of at least 4 members (excludes halogenated alkanes) is 4. The number of hydrogen-bond donors (Lipinski definition) is 3. The lowest BCUT2D eigenvalue weighted by atomic mass is 10.1. The molecule has 0 aromatic carbocycles. The quantitative estimate of drug-likeness (QED) is 0.235. The standard InChI is InChI=1S/C20H33N3O5/c1-2-3-4-5-6-7-8-9-11-16(20(27)28)22-19(26)17-12-10-13-23(17)18(25)14-21-15-24/h7-8,15-17H,2-6,9-14H2,1H3,(H,21,24)(H,22,26)(H,27,28)/b8-7-/t16-,17-/m0/s1. The minimum atomic E-state index is -1.08. The smallest absolute Gasteiger partial charge is 0.326 e. The van der Waals surface area contributed by atoms with Crippen molar-refractivity contribution in [3.63, 3.8) is 0 Å². The third-order valence-electron chi connectivity index (χ3n) is 4.84. The summed E-state index contributed by atoms with van der Waals surface area (Å²) in [6.45, 7) is 2.42. The summed E-state index contributed by atoms with van der Waals surface area (Å²) in [5.74, 6) is -1.88. The van der Waals surface area contributed by atoms with Gasteiger partial charge in [-0.1, -0.05) is 38.3 Å². The molecule has 1 aliphatic heterocycles. The summed E-state index contributed by atoms with van der Waals surface area (Å²) in [7, 11) is 0. The molecule has 0 aromatic heterocycles. The molecule has 1 aliphatic rings. The highest BCUT2D eigenvalue weighted by molar-refractivity contribution is 5.91. The van der Waals surface area contributed by atoms with Crippen LogP contribution in [-0.4, -0.2) is 59.4 Å². The average molecular weight is 396 g/mol. The van der Waals surface area contributed by atoms with Crippen molar-refractivity contribution in [2.24, 2.45) is 0 Å². The Morgan fingerprint density at radius 1 is 1.18 bits per heavy atom. The van der Waals surface area contributed by atoms with Crippen LogP contribution in [0.4, 0.5) is 0 Å². The number of nitrogens with one attached hydrogen (secondary N) is 2. The maximum Gasteiger partial charge on any atom is 0.326 e. The molecule has 1 heterocycles. The summed E-state index contributed by atoms with van der Waals surface area (Å²) in [6, 6.07) is -1.67. The van der Waals surface area contributed by atoms with Crippen LogP contribution in [0.5, 0.6) is 0 Å². The monoisotopic (exact) mass is 395 g/mol. The van der Waals surface area contributed by atoms with Crippen LogP contribution < -0.4 is 10.6 Å². The lowest BCUT2D eigenvalue weighted by molar-refractivity contribution is -0.144. The normalized spacial score (nSPS) is 17.5. The number of carbonyl (C=O) groups is 4. The fourth-order valence-electron chi connectivity index (χ4n) is 3.28. The molecule has 2 atom stereocenters. The molecule has 1 rings (SSSR count). The molecule has 0 aliphatic carbocycles. The Kier molecular flexibility index (Phi) is 11.6. The lowest BCUT2D eigenvalue weighted by Gasteiger charge is -2.25. The highest BCUT2D eigenvalue weighted by atomic mass is 16.4. The van der Waals surface area contributed by atoms with Crippen LogP contribution in [0.15, 0.2) is 12.2 Å². The number of rotatable bonds is 14. The topological polar surface area (TPSA) is 116 Å². The zero-order chi connectivity index (χ0) is 20.8. The van der Waals surface area contributed by atoms with Crippen LogP contribution in [0.1, 0.15) is 64.7 Å². The van der Waals surface area contributed by atoms with Gasteiger partial charge in [-0.15, -0.1) is 0 Å². The molecular weight excluding hydrogens is 362 g/mol. The Balaban J connectivity index is 2.46. The molecule has 3 amide bonds. The molecule has 0 bridgehead atoms. The second kappa shape index (κ2) is 13.7. The first-order valence-corrected chi connectivity index (χ1v) is 10.2. The molecule has 158 valence electrons. The van der Waals surface area contributed by atoms with Gasteiger partial charge >= 0.3 is 5.97 Å². The molecule has 0 radical (unpaired) electrons. The zero-order valence-corrected chi connectivity index (χ0v) is 16.7. The minimum Gasteiger partial charge on any atom is -0.480 e. The van der Waals surface area contributed by atoms with Crippen LogP contribution in [0.3, 0.4) is 0 Å². The van der Waals surface area contributed by atoms with Gasteiger partial charge in [0.15, 0.2) is 0 Å². The Hall–Kier alpha value is -2.38. The maximum atomic E-state index is 12.5. The van der Waals surface area contributed by atoms with Crippen molar-refractivity contribution in [1.29, 1.82) is 0 Å². The number of nitrogens with zero attached hydrogens (tertiary/aromatic N) is 1. The average Bonchev–Trinajstić information content (AvgIpc) is 3.17. The van der Waals surface area contributed by atoms with Gasteiger partial charge in [0.05, 0.1) is 6.54 Å². The number of allylic oxidation sites excluding steroid dienone is 2. The van der Waals surface area contributed by atoms with Gasteiger partial charge < -0.3 is 20.6 Å². The molecule has 8 heteroatoms. The van der Waals surface area contributed by atoms with Gasteiger partial charge in [0.2, 0.25) is 18.2 Å². The van der Waals surface area contributed by atoms with Gasteiger partial charge in [-0.2, -0.15) is 0 Å². The minimum absolute atomic E-state index is 0.168. The van der Waals surface area contributed by atoms with Crippen LogP contribution in [-0.2, 0) is 19.2 Å². The van der Waals surface area contributed by atoms with Gasteiger partial charge in [0.25, 0.3) is 0 Å². The summed E-state index contributed by atoms with van der Waals surface area (Å²) in [5, 5.41) is 14.2. The fraction of sp³-hybridized carbons (Fsp3) is 0.700. The van der Waals surface area contributed by atoms with E-state index in [0.29, 0.717) is 38.6 Å². The number of hydrogen-bond acceptors (Lipinski definition) is 4. The predicted molar refractivity (Wildman–Crippen MR) is 106 cm³/mol. The third-order valence-corrected chi connectivity index (χ3v) is 4.84. The summed E-state index contributed by atoms with van der Waals surface area (Å²) < 4.78 is 0. The second-order valence-corrected chi connectivity index (χ2v) is 7.04. The summed E-state index contributed by atoms with van der Waals surface area (Å²) in [4.78, 5) is 47.8. The van der Waals surface area contributed by atoms with Crippen molar-refractivity contribution in [3.8, 4) is 0 Å². The van der Waals surface area contributed by atoms with E-state index in [1.165, 1.54) is 24.2 Å². The third kappa shape index (κ3) is 8.54. The first kappa shape index (κ1) is 23.7. The predicted octanol–water partition coefficient (Wildman–Crippen LogP) is 1.60. The Labute approximate surface area is 166 Å². The van der Waals surface area contributed by atoms with E-state index in [4.69, 9.17) is 0 Å². The molecule has 0 aromatic rings. The van der Waals surface area contributed by atoms with E-state index < -0.39 is 24.0 Å². The Morgan fingerprint density at radius 2 is 1.93 bits per heavy atom. The Morgan fingerprint density at radius 3 is 2.61 bits per heavy atom. The largest absolute Gasteiger partial charge is 0.480 e. The van der Waals surface area contributed by atoms with Crippen LogP contribution >= 0.6 is 0 Å². The van der Waals surface area contributed by atoms with E-state index in [9.17, 15) is 24.3 Å². The molecule has 8 nitrogen and oxygen atoms in total. The first-order chi connectivity index (χ1) is 13.5. The summed E-state index contributed by atoms with van der Waals surface area (Å²) in [6.07, 6.45) is 12.2. The molecule has 1 fully saturated rings. The number of carboxylic acid groups (broad SMARTS) is 1. The number of carboxylic acids is 1. The molecule has 0 spiro atoms. The van der Waals surface area contributed by atoms with Crippen molar-refractivity contribution in [2.75, 3.05) is 13.1 Å². The van der Waals surface area contributed by atoms with Gasteiger partial charge in [-0.3, -0.25) is 14.4 Å². The SMILES string of the molecule is CCCCCC/C=C\CC[C@H](NC(=O)[C@@H]1CCCN1C(=O)CNC=O)C(=O)O. The zero-order valence-electron chi connectivity index (χ0n) is 16.7. The molecule has 0 unspecified atom stereocenters. The number of carbonyl (C=O) groups excluding carboxylic acids is 3. The number of aliphatic carboxylic acids is 1. The molecular formula is C20H33N3O5. The molecule has 3 N–H and O–H groups in total. The number of likely N-dealkylation sites (tertiary alicyclic amines) is 1. The van der Waals surface area contributed by atoms with Crippen molar-refractivity contribution in [3.05, 3.63) is 12.2 Å². The van der Waals surface area contributed by atoms with E-state index in [1.54, 1.807) is 0 Å². The van der Waals surface area contributed by atoms with Crippen LogP contribution in [0, 0.1) is 0 Å². The van der Waals surface area contributed by atoms with E-state index >= 15 is 0 Å². The van der Waals surface area contributed by atoms with Crippen LogP contribution in [0.2, 0.25) is 0 Å². The van der Waals surface area contributed by atoms with E-state index in [1.807, 2.05) is 6.08 Å².